The highest BCUT2D eigenvalue weighted by Crippen LogP contribution is 2.19. The Kier molecular flexibility index (Phi) is 5.64. The number of hydrogen-bond acceptors (Lipinski definition) is 4. The zero-order valence-electron chi connectivity index (χ0n) is 13.5. The van der Waals surface area contributed by atoms with Crippen molar-refractivity contribution in [1.82, 2.24) is 20.4 Å². The number of rotatable bonds is 6. The highest BCUT2D eigenvalue weighted by Gasteiger charge is 2.31. The maximum absolute atomic E-state index is 13.7. The molecular weight excluding hydrogens is 313 g/mol. The minimum atomic E-state index is -0.936. The number of likely N-dealkylation sites (N-methyl/N-ethyl adjacent to an activating group) is 1. The van der Waals surface area contributed by atoms with Gasteiger partial charge in [0, 0.05) is 32.8 Å². The third-order valence-corrected chi connectivity index (χ3v) is 3.73. The summed E-state index contributed by atoms with van der Waals surface area (Å²) in [6.07, 6.45) is 1.26. The van der Waals surface area contributed by atoms with E-state index in [0.29, 0.717) is 0 Å². The number of aromatic nitrogens is 2. The summed E-state index contributed by atoms with van der Waals surface area (Å²) in [4.78, 5) is 24.6. The molecule has 1 heterocycles. The Bertz CT molecular complexity index is 717. The number of aryl methyl sites for hydroxylation is 1. The molecule has 0 aliphatic heterocycles. The lowest BCUT2D eigenvalue weighted by Crippen LogP contribution is -2.51. The number of halogens is 1. The number of carbonyl (C=O) groups is 2. The van der Waals surface area contributed by atoms with E-state index >= 15 is 0 Å². The molecule has 0 bridgehead atoms. The molecule has 2 rings (SSSR count). The molecule has 0 saturated heterocycles. The lowest BCUT2D eigenvalue weighted by molar-refractivity contribution is -0.123. The van der Waals surface area contributed by atoms with Crippen LogP contribution in [0.5, 0.6) is 0 Å². The number of carbonyl (C=O) groups excluding carboxylic acids is 2. The van der Waals surface area contributed by atoms with Crippen LogP contribution in [0.4, 0.5) is 4.39 Å². The van der Waals surface area contributed by atoms with E-state index in [-0.39, 0.29) is 12.1 Å². The second-order valence-electron chi connectivity index (χ2n) is 5.33. The summed E-state index contributed by atoms with van der Waals surface area (Å²) in [6.45, 7) is 0.137. The van der Waals surface area contributed by atoms with Gasteiger partial charge in [-0.05, 0) is 5.56 Å². The topological polar surface area (TPSA) is 102 Å². The van der Waals surface area contributed by atoms with Gasteiger partial charge in [-0.25, -0.2) is 0 Å². The van der Waals surface area contributed by atoms with Gasteiger partial charge in [0.2, 0.25) is 11.9 Å². The molecule has 8 heteroatoms. The molecule has 1 aromatic carbocycles. The fourth-order valence-electron chi connectivity index (χ4n) is 2.50. The Morgan fingerprint density at radius 3 is 2.50 bits per heavy atom. The van der Waals surface area contributed by atoms with Crippen molar-refractivity contribution in [3.05, 3.63) is 53.6 Å². The van der Waals surface area contributed by atoms with Gasteiger partial charge in [0.05, 0.1) is 0 Å². The van der Waals surface area contributed by atoms with E-state index in [1.165, 1.54) is 25.0 Å². The molecule has 0 fully saturated rings. The van der Waals surface area contributed by atoms with Crippen LogP contribution in [0.15, 0.2) is 36.5 Å². The van der Waals surface area contributed by atoms with E-state index in [0.717, 1.165) is 5.56 Å². The van der Waals surface area contributed by atoms with Crippen LogP contribution in [-0.4, -0.2) is 41.2 Å². The van der Waals surface area contributed by atoms with E-state index in [2.05, 4.69) is 15.7 Å². The predicted octanol–water partition coefficient (Wildman–Crippen LogP) is 0.146. The number of hydrogen-bond donors (Lipinski definition) is 3. The second-order valence-corrected chi connectivity index (χ2v) is 5.33. The average Bonchev–Trinajstić information content (AvgIpc) is 2.93. The number of nitrogens with zero attached hydrogens (tertiary/aromatic N) is 2. The molecule has 0 spiro atoms. The van der Waals surface area contributed by atoms with Gasteiger partial charge in [-0.3, -0.25) is 14.3 Å². The third-order valence-electron chi connectivity index (χ3n) is 3.73. The van der Waals surface area contributed by atoms with Crippen molar-refractivity contribution >= 4 is 11.8 Å². The van der Waals surface area contributed by atoms with Crippen LogP contribution in [0.1, 0.15) is 21.8 Å². The monoisotopic (exact) mass is 333 g/mol. The van der Waals surface area contributed by atoms with E-state index in [1.807, 2.05) is 30.3 Å². The SMILES string of the molecule is CNC(=O)C(NC(=O)c1cn(C)nc1F)[C@H](CN)c1ccccc1. The molecule has 2 aromatic rings. The normalized spacial score (nSPS) is 13.2. The lowest BCUT2D eigenvalue weighted by Gasteiger charge is -2.26. The maximum Gasteiger partial charge on any atom is 0.258 e. The van der Waals surface area contributed by atoms with Crippen LogP contribution in [0.2, 0.25) is 0 Å². The third kappa shape index (κ3) is 3.77. The van der Waals surface area contributed by atoms with Gasteiger partial charge >= 0.3 is 0 Å². The molecule has 24 heavy (non-hydrogen) atoms. The zero-order chi connectivity index (χ0) is 17.7. The minimum absolute atomic E-state index is 0.137. The van der Waals surface area contributed by atoms with Crippen molar-refractivity contribution in [3.63, 3.8) is 0 Å². The zero-order valence-corrected chi connectivity index (χ0v) is 13.5. The van der Waals surface area contributed by atoms with Crippen molar-refractivity contribution < 1.29 is 14.0 Å². The Hall–Kier alpha value is -2.74. The first kappa shape index (κ1) is 17.6. The fraction of sp³-hybridized carbons (Fsp3) is 0.312. The van der Waals surface area contributed by atoms with Crippen LogP contribution < -0.4 is 16.4 Å². The summed E-state index contributed by atoms with van der Waals surface area (Å²) in [5, 5.41) is 8.56. The van der Waals surface area contributed by atoms with Crippen molar-refractivity contribution in [2.75, 3.05) is 13.6 Å². The number of nitrogens with one attached hydrogen (secondary N) is 2. The molecule has 4 N–H and O–H groups in total. The summed E-state index contributed by atoms with van der Waals surface area (Å²) in [6, 6.07) is 8.20. The van der Waals surface area contributed by atoms with Crippen molar-refractivity contribution in [1.29, 1.82) is 0 Å². The number of benzene rings is 1. The van der Waals surface area contributed by atoms with Crippen molar-refractivity contribution in [2.45, 2.75) is 12.0 Å². The minimum Gasteiger partial charge on any atom is -0.357 e. The van der Waals surface area contributed by atoms with Crippen molar-refractivity contribution in [2.24, 2.45) is 12.8 Å². The Balaban J connectivity index is 2.29. The first-order chi connectivity index (χ1) is 11.5. The highest BCUT2D eigenvalue weighted by atomic mass is 19.1. The van der Waals surface area contributed by atoms with E-state index in [4.69, 9.17) is 5.73 Å². The smallest absolute Gasteiger partial charge is 0.258 e. The van der Waals surface area contributed by atoms with Gasteiger partial charge in [-0.1, -0.05) is 30.3 Å². The molecule has 0 aliphatic rings. The van der Waals surface area contributed by atoms with Gasteiger partial charge in [0.25, 0.3) is 5.91 Å². The van der Waals surface area contributed by atoms with Gasteiger partial charge in [-0.2, -0.15) is 4.39 Å². The molecule has 128 valence electrons. The predicted molar refractivity (Wildman–Crippen MR) is 86.7 cm³/mol. The average molecular weight is 333 g/mol. The quantitative estimate of drug-likeness (QED) is 0.700. The van der Waals surface area contributed by atoms with Gasteiger partial charge in [-0.15, -0.1) is 5.10 Å². The summed E-state index contributed by atoms with van der Waals surface area (Å²) in [5.74, 6) is -2.47. The van der Waals surface area contributed by atoms with Crippen LogP contribution in [0.25, 0.3) is 0 Å². The van der Waals surface area contributed by atoms with E-state index in [1.54, 1.807) is 0 Å². The van der Waals surface area contributed by atoms with Gasteiger partial charge in [0.1, 0.15) is 11.6 Å². The fourth-order valence-corrected chi connectivity index (χ4v) is 2.50. The van der Waals surface area contributed by atoms with E-state index < -0.39 is 29.7 Å². The summed E-state index contributed by atoms with van der Waals surface area (Å²) in [7, 11) is 2.97. The lowest BCUT2D eigenvalue weighted by atomic mass is 9.90. The first-order valence-electron chi connectivity index (χ1n) is 7.44. The highest BCUT2D eigenvalue weighted by molar-refractivity contribution is 5.97. The molecule has 0 saturated carbocycles. The molecule has 7 nitrogen and oxygen atoms in total. The largest absolute Gasteiger partial charge is 0.357 e. The van der Waals surface area contributed by atoms with Crippen LogP contribution >= 0.6 is 0 Å². The standard InChI is InChI=1S/C16H20FN5O2/c1-19-16(24)13(11(8-18)10-6-4-3-5-7-10)20-15(23)12-9-22(2)21-14(12)17/h3-7,9,11,13H,8,18H2,1-2H3,(H,19,24)(H,20,23)/t11-,13?/m1/s1. The Labute approximate surface area is 139 Å². The molecule has 1 aromatic heterocycles. The second kappa shape index (κ2) is 7.69. The van der Waals surface area contributed by atoms with Gasteiger partial charge in [0.15, 0.2) is 0 Å². The van der Waals surface area contributed by atoms with E-state index in [9.17, 15) is 14.0 Å². The number of nitrogens with two attached hydrogens (primary N) is 1. The maximum atomic E-state index is 13.7. The molecule has 0 aliphatic carbocycles. The number of amides is 2. The van der Waals surface area contributed by atoms with Crippen LogP contribution in [0, 0.1) is 5.95 Å². The summed E-state index contributed by atoms with van der Waals surface area (Å²) < 4.78 is 14.9. The van der Waals surface area contributed by atoms with Crippen molar-refractivity contribution in [3.8, 4) is 0 Å². The molecule has 0 radical (unpaired) electrons. The Morgan fingerprint density at radius 1 is 1.33 bits per heavy atom. The van der Waals surface area contributed by atoms with Gasteiger partial charge < -0.3 is 16.4 Å². The van der Waals surface area contributed by atoms with Crippen LogP contribution in [-0.2, 0) is 11.8 Å². The first-order valence-corrected chi connectivity index (χ1v) is 7.44. The molecule has 2 amide bonds. The Morgan fingerprint density at radius 2 is 2.00 bits per heavy atom. The van der Waals surface area contributed by atoms with Crippen LogP contribution in [0.3, 0.4) is 0 Å². The summed E-state index contributed by atoms with van der Waals surface area (Å²) in [5.41, 5.74) is 6.40. The molecular formula is C16H20FN5O2. The summed E-state index contributed by atoms with van der Waals surface area (Å²) >= 11 is 0. The molecule has 2 atom stereocenters. The molecule has 1 unspecified atom stereocenters.